The molecule has 0 atom stereocenters. The van der Waals surface area contributed by atoms with Crippen molar-refractivity contribution in [1.29, 1.82) is 5.26 Å². The molecule has 7 aromatic carbocycles. The lowest BCUT2D eigenvalue weighted by atomic mass is 9.92. The van der Waals surface area contributed by atoms with Crippen molar-refractivity contribution in [2.45, 2.75) is 6.42 Å². The third-order valence-electron chi connectivity index (χ3n) is 8.32. The number of hydrogen-bond acceptors (Lipinski definition) is 3. The van der Waals surface area contributed by atoms with Gasteiger partial charge in [0.2, 0.25) is 0 Å². The first kappa shape index (κ1) is 22.6. The number of benzene rings is 7. The Balaban J connectivity index is 1.42. The highest BCUT2D eigenvalue weighted by Gasteiger charge is 2.24. The Morgan fingerprint density at radius 2 is 1.25 bits per heavy atom. The molecule has 7 aromatic rings. The zero-order chi connectivity index (χ0) is 26.6. The third kappa shape index (κ3) is 3.30. The zero-order valence-electron chi connectivity index (χ0n) is 21.9. The molecule has 0 saturated carbocycles. The monoisotopic (exact) mass is 511 g/mol. The van der Waals surface area contributed by atoms with E-state index in [4.69, 9.17) is 0 Å². The van der Waals surface area contributed by atoms with Crippen LogP contribution >= 0.6 is 0 Å². The van der Waals surface area contributed by atoms with Crippen LogP contribution in [-0.2, 0) is 6.42 Å². The van der Waals surface area contributed by atoms with Gasteiger partial charge >= 0.3 is 0 Å². The van der Waals surface area contributed by atoms with Crippen LogP contribution in [0.1, 0.15) is 11.1 Å². The third-order valence-corrected chi connectivity index (χ3v) is 8.32. The van der Waals surface area contributed by atoms with Gasteiger partial charge in [0, 0.05) is 34.4 Å². The fourth-order valence-electron chi connectivity index (χ4n) is 6.54. The van der Waals surface area contributed by atoms with Crippen molar-refractivity contribution in [2.75, 3.05) is 16.3 Å². The Morgan fingerprint density at radius 1 is 0.575 bits per heavy atom. The van der Waals surface area contributed by atoms with Gasteiger partial charge in [-0.2, -0.15) is 5.26 Å². The van der Waals surface area contributed by atoms with Crippen LogP contribution in [0.3, 0.4) is 0 Å². The number of para-hydroxylation sites is 3. The van der Waals surface area contributed by atoms with Crippen LogP contribution in [0.25, 0.3) is 32.3 Å². The molecular weight excluding hydrogens is 486 g/mol. The summed E-state index contributed by atoms with van der Waals surface area (Å²) >= 11 is 0. The summed E-state index contributed by atoms with van der Waals surface area (Å²) in [7, 11) is 0. The molecule has 0 aliphatic carbocycles. The van der Waals surface area contributed by atoms with Crippen LogP contribution in [0.4, 0.5) is 28.4 Å². The van der Waals surface area contributed by atoms with E-state index in [9.17, 15) is 5.26 Å². The molecule has 0 amide bonds. The summed E-state index contributed by atoms with van der Waals surface area (Å²) in [4.78, 5) is 4.70. The second-order valence-corrected chi connectivity index (χ2v) is 10.4. The van der Waals surface area contributed by atoms with Crippen molar-refractivity contribution < 1.29 is 0 Å². The van der Waals surface area contributed by atoms with Crippen LogP contribution in [0.5, 0.6) is 0 Å². The molecule has 188 valence electrons. The van der Waals surface area contributed by atoms with Crippen LogP contribution in [0.15, 0.2) is 127 Å². The summed E-state index contributed by atoms with van der Waals surface area (Å²) < 4.78 is 0. The first-order valence-electron chi connectivity index (χ1n) is 13.7. The van der Waals surface area contributed by atoms with Crippen LogP contribution < -0.4 is 9.80 Å². The fourth-order valence-corrected chi connectivity index (χ4v) is 6.54. The standard InChI is InChI=1S/C37H25N3/c38-24-28-9-5-7-13-33(28)40(29-10-2-1-3-11-29)35-21-17-27-14-18-30-34(39-23-22-25-8-4-6-12-32(25)39)20-16-26-15-19-31(35)37(27)36(26)30/h1-21H,22-23H2. The molecule has 40 heavy (non-hydrogen) atoms. The van der Waals surface area contributed by atoms with Crippen molar-refractivity contribution in [1.82, 2.24) is 0 Å². The van der Waals surface area contributed by atoms with Crippen molar-refractivity contribution in [3.63, 3.8) is 0 Å². The molecule has 3 nitrogen and oxygen atoms in total. The minimum absolute atomic E-state index is 0.645. The Kier molecular flexibility index (Phi) is 5.02. The van der Waals surface area contributed by atoms with Gasteiger partial charge in [-0.1, -0.05) is 84.9 Å². The van der Waals surface area contributed by atoms with E-state index in [1.807, 2.05) is 42.5 Å². The lowest BCUT2D eigenvalue weighted by molar-refractivity contribution is 1.00. The largest absolute Gasteiger partial charge is 0.340 e. The second-order valence-electron chi connectivity index (χ2n) is 10.4. The maximum atomic E-state index is 10.0. The van der Waals surface area contributed by atoms with Gasteiger partial charge in [-0.15, -0.1) is 0 Å². The topological polar surface area (TPSA) is 30.3 Å². The predicted octanol–water partition coefficient (Wildman–Crippen LogP) is 9.62. The summed E-state index contributed by atoms with van der Waals surface area (Å²) in [6, 6.07) is 47.4. The van der Waals surface area contributed by atoms with Gasteiger partial charge in [0.1, 0.15) is 6.07 Å². The van der Waals surface area contributed by atoms with E-state index in [1.165, 1.54) is 49.3 Å². The summed E-state index contributed by atoms with van der Waals surface area (Å²) in [6.45, 7) is 0.987. The molecule has 0 unspecified atom stereocenters. The molecule has 0 spiro atoms. The molecule has 0 radical (unpaired) electrons. The zero-order valence-corrected chi connectivity index (χ0v) is 21.9. The SMILES string of the molecule is N#Cc1ccccc1N(c1ccccc1)c1ccc2ccc3c(N4CCc5ccccc54)ccc4ccc1c2c43. The second kappa shape index (κ2) is 8.86. The Labute approximate surface area is 233 Å². The smallest absolute Gasteiger partial charge is 0.101 e. The van der Waals surface area contributed by atoms with Gasteiger partial charge in [-0.05, 0) is 76.0 Å². The maximum Gasteiger partial charge on any atom is 0.101 e. The van der Waals surface area contributed by atoms with E-state index in [0.29, 0.717) is 5.56 Å². The molecule has 0 fully saturated rings. The van der Waals surface area contributed by atoms with Gasteiger partial charge < -0.3 is 9.80 Å². The highest BCUT2D eigenvalue weighted by Crippen LogP contribution is 2.47. The summed E-state index contributed by atoms with van der Waals surface area (Å²) in [5.74, 6) is 0. The van der Waals surface area contributed by atoms with Crippen molar-refractivity contribution in [2.24, 2.45) is 0 Å². The molecule has 3 heteroatoms. The van der Waals surface area contributed by atoms with E-state index in [2.05, 4.69) is 101 Å². The van der Waals surface area contributed by atoms with E-state index in [0.717, 1.165) is 30.0 Å². The molecule has 1 heterocycles. The molecule has 0 N–H and O–H groups in total. The first-order valence-corrected chi connectivity index (χ1v) is 13.7. The normalized spacial score (nSPS) is 12.7. The molecule has 0 saturated heterocycles. The Hall–Kier alpha value is -5.33. The lowest BCUT2D eigenvalue weighted by Gasteiger charge is -2.28. The number of fused-ring (bicyclic) bond motifs is 1. The van der Waals surface area contributed by atoms with Gasteiger partial charge in [0.05, 0.1) is 16.9 Å². The van der Waals surface area contributed by atoms with E-state index < -0.39 is 0 Å². The van der Waals surface area contributed by atoms with E-state index in [1.54, 1.807) is 0 Å². The van der Waals surface area contributed by atoms with Crippen LogP contribution in [-0.4, -0.2) is 6.54 Å². The van der Waals surface area contributed by atoms with E-state index >= 15 is 0 Å². The van der Waals surface area contributed by atoms with Crippen molar-refractivity contribution in [3.05, 3.63) is 139 Å². The average Bonchev–Trinajstić information content (AvgIpc) is 3.45. The van der Waals surface area contributed by atoms with Gasteiger partial charge in [0.25, 0.3) is 0 Å². The number of hydrogen-bond donors (Lipinski definition) is 0. The minimum Gasteiger partial charge on any atom is -0.340 e. The molecule has 1 aliphatic rings. The van der Waals surface area contributed by atoms with Crippen LogP contribution in [0, 0.1) is 11.3 Å². The molecule has 1 aliphatic heterocycles. The highest BCUT2D eigenvalue weighted by atomic mass is 15.2. The van der Waals surface area contributed by atoms with Crippen molar-refractivity contribution >= 4 is 60.8 Å². The molecular formula is C37H25N3. The van der Waals surface area contributed by atoms with Crippen molar-refractivity contribution in [3.8, 4) is 6.07 Å². The maximum absolute atomic E-state index is 10.0. The Bertz CT molecular complexity index is 2090. The summed E-state index contributed by atoms with van der Waals surface area (Å²) in [5.41, 5.74) is 7.58. The molecule has 0 bridgehead atoms. The minimum atomic E-state index is 0.645. The number of rotatable bonds is 4. The summed E-state index contributed by atoms with van der Waals surface area (Å²) in [6.07, 6.45) is 1.06. The number of anilines is 5. The predicted molar refractivity (Wildman–Crippen MR) is 167 cm³/mol. The van der Waals surface area contributed by atoms with Gasteiger partial charge in [-0.3, -0.25) is 0 Å². The quantitative estimate of drug-likeness (QED) is 0.220. The fraction of sp³-hybridized carbons (Fsp3) is 0.0541. The molecule has 0 aromatic heterocycles. The van der Waals surface area contributed by atoms with Gasteiger partial charge in [-0.25, -0.2) is 0 Å². The van der Waals surface area contributed by atoms with Crippen LogP contribution in [0.2, 0.25) is 0 Å². The summed E-state index contributed by atoms with van der Waals surface area (Å²) in [5, 5.41) is 17.5. The Morgan fingerprint density at radius 3 is 2.10 bits per heavy atom. The molecule has 8 rings (SSSR count). The number of nitriles is 1. The van der Waals surface area contributed by atoms with E-state index in [-0.39, 0.29) is 0 Å². The van der Waals surface area contributed by atoms with Gasteiger partial charge in [0.15, 0.2) is 0 Å². The highest BCUT2D eigenvalue weighted by molar-refractivity contribution is 6.28. The first-order chi connectivity index (χ1) is 19.8. The average molecular weight is 512 g/mol. The number of nitrogens with zero attached hydrogens (tertiary/aromatic N) is 3. The lowest BCUT2D eigenvalue weighted by Crippen LogP contribution is -2.14.